The van der Waals surface area contributed by atoms with Crippen molar-refractivity contribution in [2.45, 2.75) is 6.92 Å². The van der Waals surface area contributed by atoms with Crippen molar-refractivity contribution < 1.29 is 14.6 Å². The first-order valence-electron chi connectivity index (χ1n) is 8.06. The number of benzene rings is 3. The molecule has 3 rings (SSSR count). The third-order valence-electron chi connectivity index (χ3n) is 3.79. The topological polar surface area (TPSA) is 70.9 Å². The molecule has 3 aromatic carbocycles. The van der Waals surface area contributed by atoms with Gasteiger partial charge in [0.1, 0.15) is 11.5 Å². The largest absolute Gasteiger partial charge is 0.507 e. The van der Waals surface area contributed by atoms with Crippen LogP contribution in [0.25, 0.3) is 10.8 Å². The van der Waals surface area contributed by atoms with Gasteiger partial charge in [0.15, 0.2) is 0 Å². The summed E-state index contributed by atoms with van der Waals surface area (Å²) >= 11 is 3.35. The number of hydrogen-bond donors (Lipinski definition) is 2. The van der Waals surface area contributed by atoms with Gasteiger partial charge in [-0.05, 0) is 42.0 Å². The molecule has 0 spiro atoms. The number of amides is 1. The summed E-state index contributed by atoms with van der Waals surface area (Å²) in [6.07, 6.45) is 1.44. The fourth-order valence-electron chi connectivity index (χ4n) is 2.60. The van der Waals surface area contributed by atoms with Crippen molar-refractivity contribution in [1.29, 1.82) is 0 Å². The minimum atomic E-state index is -0.397. The van der Waals surface area contributed by atoms with Crippen LogP contribution >= 0.6 is 15.9 Å². The number of carbonyl (C=O) groups excluding carboxylic acids is 1. The van der Waals surface area contributed by atoms with E-state index in [1.54, 1.807) is 24.3 Å². The van der Waals surface area contributed by atoms with Crippen LogP contribution in [0.5, 0.6) is 11.5 Å². The molecule has 0 heterocycles. The van der Waals surface area contributed by atoms with Gasteiger partial charge < -0.3 is 9.84 Å². The van der Waals surface area contributed by atoms with E-state index in [-0.39, 0.29) is 5.75 Å². The van der Waals surface area contributed by atoms with Gasteiger partial charge in [-0.15, -0.1) is 0 Å². The van der Waals surface area contributed by atoms with Crippen LogP contribution in [0.3, 0.4) is 0 Å². The van der Waals surface area contributed by atoms with Crippen molar-refractivity contribution >= 4 is 38.8 Å². The van der Waals surface area contributed by atoms with Gasteiger partial charge in [-0.1, -0.05) is 46.3 Å². The van der Waals surface area contributed by atoms with Crippen molar-refractivity contribution in [3.63, 3.8) is 0 Å². The molecule has 132 valence electrons. The molecule has 0 saturated carbocycles. The molecule has 6 heteroatoms. The lowest BCUT2D eigenvalue weighted by atomic mass is 10.0. The number of phenolic OH excluding ortho intramolecular Hbond substituents is 1. The number of rotatable bonds is 5. The maximum Gasteiger partial charge on any atom is 0.275 e. The number of halogens is 1. The molecule has 0 aromatic heterocycles. The van der Waals surface area contributed by atoms with Gasteiger partial charge in [0.2, 0.25) is 0 Å². The van der Waals surface area contributed by atoms with Gasteiger partial charge in [-0.25, -0.2) is 5.43 Å². The zero-order chi connectivity index (χ0) is 18.5. The van der Waals surface area contributed by atoms with E-state index in [0.717, 1.165) is 15.2 Å². The number of hydrogen-bond acceptors (Lipinski definition) is 4. The van der Waals surface area contributed by atoms with Crippen molar-refractivity contribution in [3.8, 4) is 11.5 Å². The number of hydrazone groups is 1. The molecule has 0 aliphatic carbocycles. The van der Waals surface area contributed by atoms with Crippen LogP contribution in [0.15, 0.2) is 64.2 Å². The molecule has 0 bridgehead atoms. The predicted octanol–water partition coefficient (Wildman–Crippen LogP) is 4.47. The summed E-state index contributed by atoms with van der Waals surface area (Å²) in [7, 11) is 0. The summed E-state index contributed by atoms with van der Waals surface area (Å²) in [6.45, 7) is 2.31. The number of nitrogens with zero attached hydrogens (tertiary/aromatic N) is 1. The number of nitrogens with one attached hydrogen (secondary N) is 1. The van der Waals surface area contributed by atoms with Gasteiger partial charge in [0.25, 0.3) is 5.91 Å². The van der Waals surface area contributed by atoms with Crippen molar-refractivity contribution in [1.82, 2.24) is 5.43 Å². The number of ether oxygens (including phenoxy) is 1. The average Bonchev–Trinajstić information content (AvgIpc) is 2.65. The highest BCUT2D eigenvalue weighted by Gasteiger charge is 2.13. The Balaban J connectivity index is 1.85. The van der Waals surface area contributed by atoms with Crippen LogP contribution in [0.1, 0.15) is 22.8 Å². The summed E-state index contributed by atoms with van der Waals surface area (Å²) in [5.74, 6) is 0.182. The molecule has 0 fully saturated rings. The lowest BCUT2D eigenvalue weighted by Crippen LogP contribution is -2.19. The first-order valence-corrected chi connectivity index (χ1v) is 8.86. The fraction of sp³-hybridized carbons (Fsp3) is 0.100. The quantitative estimate of drug-likeness (QED) is 0.479. The molecular weight excluding hydrogens is 396 g/mol. The van der Waals surface area contributed by atoms with Gasteiger partial charge >= 0.3 is 0 Å². The zero-order valence-corrected chi connectivity index (χ0v) is 15.7. The molecule has 5 nitrogen and oxygen atoms in total. The highest BCUT2D eigenvalue weighted by Crippen LogP contribution is 2.26. The first-order chi connectivity index (χ1) is 12.6. The number of carbonyl (C=O) groups is 1. The summed E-state index contributed by atoms with van der Waals surface area (Å²) in [5, 5.41) is 15.9. The Bertz CT molecular complexity index is 986. The SMILES string of the molecule is CCOc1ccc(Br)cc1C(=O)NN=Cc1c(O)ccc2ccccc12. The second-order valence-electron chi connectivity index (χ2n) is 5.49. The van der Waals surface area contributed by atoms with E-state index in [9.17, 15) is 9.90 Å². The molecule has 0 aliphatic heterocycles. The second kappa shape index (κ2) is 8.01. The van der Waals surface area contributed by atoms with Gasteiger partial charge in [-0.3, -0.25) is 4.79 Å². The van der Waals surface area contributed by atoms with E-state index < -0.39 is 5.91 Å². The normalized spacial score (nSPS) is 11.0. The van der Waals surface area contributed by atoms with Crippen molar-refractivity contribution in [3.05, 3.63) is 70.2 Å². The fourth-order valence-corrected chi connectivity index (χ4v) is 2.96. The van der Waals surface area contributed by atoms with Crippen LogP contribution in [0, 0.1) is 0 Å². The third kappa shape index (κ3) is 3.86. The Morgan fingerprint density at radius 1 is 1.23 bits per heavy atom. The summed E-state index contributed by atoms with van der Waals surface area (Å²) in [6, 6.07) is 16.3. The smallest absolute Gasteiger partial charge is 0.275 e. The van der Waals surface area contributed by atoms with Crippen LogP contribution in [-0.4, -0.2) is 23.8 Å². The molecule has 1 amide bonds. The van der Waals surface area contributed by atoms with E-state index in [4.69, 9.17) is 4.74 Å². The van der Waals surface area contributed by atoms with Crippen LogP contribution in [-0.2, 0) is 0 Å². The third-order valence-corrected chi connectivity index (χ3v) is 4.29. The average molecular weight is 413 g/mol. The number of aromatic hydroxyl groups is 1. The Morgan fingerprint density at radius 2 is 2.04 bits per heavy atom. The minimum Gasteiger partial charge on any atom is -0.507 e. The maximum absolute atomic E-state index is 12.4. The van der Waals surface area contributed by atoms with Crippen LogP contribution in [0.4, 0.5) is 0 Å². The van der Waals surface area contributed by atoms with Crippen molar-refractivity contribution in [2.75, 3.05) is 6.61 Å². The van der Waals surface area contributed by atoms with E-state index in [2.05, 4.69) is 26.5 Å². The second-order valence-corrected chi connectivity index (χ2v) is 6.41. The zero-order valence-electron chi connectivity index (χ0n) is 14.1. The number of phenols is 1. The van der Waals surface area contributed by atoms with E-state index >= 15 is 0 Å². The summed E-state index contributed by atoms with van der Waals surface area (Å²) in [4.78, 5) is 12.4. The van der Waals surface area contributed by atoms with Gasteiger partial charge in [-0.2, -0.15) is 5.10 Å². The lowest BCUT2D eigenvalue weighted by Gasteiger charge is -2.09. The molecular formula is C20H17BrN2O3. The van der Waals surface area contributed by atoms with Gasteiger partial charge in [0, 0.05) is 10.0 Å². The van der Waals surface area contributed by atoms with E-state index in [1.165, 1.54) is 6.21 Å². The van der Waals surface area contributed by atoms with Crippen LogP contribution < -0.4 is 10.2 Å². The predicted molar refractivity (Wildman–Crippen MR) is 106 cm³/mol. The van der Waals surface area contributed by atoms with Gasteiger partial charge in [0.05, 0.1) is 18.4 Å². The Kier molecular flexibility index (Phi) is 5.53. The molecule has 0 radical (unpaired) electrons. The van der Waals surface area contributed by atoms with Crippen molar-refractivity contribution in [2.24, 2.45) is 5.10 Å². The van der Waals surface area contributed by atoms with E-state index in [1.807, 2.05) is 37.3 Å². The van der Waals surface area contributed by atoms with Crippen LogP contribution in [0.2, 0.25) is 0 Å². The highest BCUT2D eigenvalue weighted by atomic mass is 79.9. The molecule has 3 aromatic rings. The molecule has 26 heavy (non-hydrogen) atoms. The summed E-state index contributed by atoms with van der Waals surface area (Å²) < 4.78 is 6.25. The Labute approximate surface area is 159 Å². The maximum atomic E-state index is 12.4. The van der Waals surface area contributed by atoms with E-state index in [0.29, 0.717) is 23.5 Å². The molecule has 0 unspecified atom stereocenters. The standard InChI is InChI=1S/C20H17BrN2O3/c1-2-26-19-10-8-14(21)11-16(19)20(25)23-22-12-17-15-6-4-3-5-13(15)7-9-18(17)24/h3-12,24H,2H2,1H3,(H,23,25). The molecule has 0 saturated heterocycles. The summed E-state index contributed by atoms with van der Waals surface area (Å²) in [5.41, 5.74) is 3.40. The minimum absolute atomic E-state index is 0.0964. The monoisotopic (exact) mass is 412 g/mol. The first kappa shape index (κ1) is 17.9. The molecule has 0 atom stereocenters. The molecule has 2 N–H and O–H groups in total. The molecule has 0 aliphatic rings. The number of fused-ring (bicyclic) bond motifs is 1. The Morgan fingerprint density at radius 3 is 2.85 bits per heavy atom. The Hall–Kier alpha value is -2.86. The lowest BCUT2D eigenvalue weighted by molar-refractivity contribution is 0.0951. The highest BCUT2D eigenvalue weighted by molar-refractivity contribution is 9.10.